The van der Waals surface area contributed by atoms with Gasteiger partial charge in [-0.1, -0.05) is 40.0 Å². The summed E-state index contributed by atoms with van der Waals surface area (Å²) in [7, 11) is 0. The van der Waals surface area contributed by atoms with Gasteiger partial charge in [0.2, 0.25) is 0 Å². The molecule has 0 spiro atoms. The van der Waals surface area contributed by atoms with Gasteiger partial charge in [-0.15, -0.1) is 0 Å². The van der Waals surface area contributed by atoms with Gasteiger partial charge in [0.25, 0.3) is 0 Å². The van der Waals surface area contributed by atoms with Crippen molar-refractivity contribution in [2.24, 2.45) is 0 Å². The maximum Gasteiger partial charge on any atom is 0.115 e. The van der Waals surface area contributed by atoms with E-state index in [1.54, 1.807) is 0 Å². The number of aliphatic hydroxyl groups is 1. The van der Waals surface area contributed by atoms with Crippen molar-refractivity contribution in [3.63, 3.8) is 0 Å². The van der Waals surface area contributed by atoms with Crippen LogP contribution in [0.15, 0.2) is 0 Å². The molecule has 1 aliphatic rings. The minimum absolute atomic E-state index is 0.0880. The van der Waals surface area contributed by atoms with Gasteiger partial charge < -0.3 is 24.1 Å². The number of ether oxygens (including phenoxy) is 4. The number of rotatable bonds is 14. The Bertz CT molecular complexity index is 287. The molecule has 0 aromatic rings. The van der Waals surface area contributed by atoms with E-state index in [4.69, 9.17) is 18.9 Å². The fourth-order valence-corrected chi connectivity index (χ4v) is 2.86. The first-order valence-electron chi connectivity index (χ1n) is 9.85. The molecule has 24 heavy (non-hydrogen) atoms. The van der Waals surface area contributed by atoms with Crippen molar-refractivity contribution in [2.45, 2.75) is 90.1 Å². The largest absolute Gasteiger partial charge is 0.396 e. The van der Waals surface area contributed by atoms with E-state index in [1.165, 1.54) is 0 Å². The van der Waals surface area contributed by atoms with Crippen molar-refractivity contribution in [3.8, 4) is 0 Å². The molecule has 1 N–H and O–H groups in total. The second-order valence-electron chi connectivity index (χ2n) is 6.52. The van der Waals surface area contributed by atoms with Gasteiger partial charge in [0.05, 0.1) is 12.7 Å². The highest BCUT2D eigenvalue weighted by molar-refractivity contribution is 4.90. The number of hydrogen-bond donors (Lipinski definition) is 1. The molecule has 0 saturated carbocycles. The number of hydrogen-bond acceptors (Lipinski definition) is 5. The highest BCUT2D eigenvalue weighted by Crippen LogP contribution is 2.26. The predicted molar refractivity (Wildman–Crippen MR) is 95.4 cm³/mol. The van der Waals surface area contributed by atoms with Crippen molar-refractivity contribution in [3.05, 3.63) is 0 Å². The summed E-state index contributed by atoms with van der Waals surface area (Å²) in [6.07, 6.45) is 6.49. The van der Waals surface area contributed by atoms with Gasteiger partial charge in [0.1, 0.15) is 18.3 Å². The SMILES string of the molecule is CCCCOC1COC(CCO)[C@@H](OCCCC)C1OCCCC. The van der Waals surface area contributed by atoms with Gasteiger partial charge in [-0.3, -0.25) is 0 Å². The molecule has 4 atom stereocenters. The van der Waals surface area contributed by atoms with Crippen molar-refractivity contribution in [2.75, 3.05) is 33.0 Å². The van der Waals surface area contributed by atoms with E-state index in [0.717, 1.165) is 45.1 Å². The quantitative estimate of drug-likeness (QED) is 0.489. The second-order valence-corrected chi connectivity index (χ2v) is 6.52. The Kier molecular flexibility index (Phi) is 12.8. The van der Waals surface area contributed by atoms with E-state index >= 15 is 0 Å². The van der Waals surface area contributed by atoms with Crippen LogP contribution in [0.1, 0.15) is 65.7 Å². The van der Waals surface area contributed by atoms with Crippen LogP contribution >= 0.6 is 0 Å². The number of unbranched alkanes of at least 4 members (excludes halogenated alkanes) is 3. The van der Waals surface area contributed by atoms with Gasteiger partial charge in [0, 0.05) is 26.4 Å². The summed E-state index contributed by atoms with van der Waals surface area (Å²) in [4.78, 5) is 0. The Hall–Kier alpha value is -0.200. The molecule has 144 valence electrons. The molecule has 1 rings (SSSR count). The average molecular weight is 347 g/mol. The van der Waals surface area contributed by atoms with E-state index in [0.29, 0.717) is 26.2 Å². The van der Waals surface area contributed by atoms with Crippen LogP contribution in [0.2, 0.25) is 0 Å². The normalized spacial score (nSPS) is 27.5. The molecule has 0 aromatic carbocycles. The van der Waals surface area contributed by atoms with Gasteiger partial charge >= 0.3 is 0 Å². The molecule has 0 amide bonds. The highest BCUT2D eigenvalue weighted by Gasteiger charge is 2.42. The Morgan fingerprint density at radius 2 is 1.38 bits per heavy atom. The summed E-state index contributed by atoms with van der Waals surface area (Å²) >= 11 is 0. The predicted octanol–water partition coefficient (Wildman–Crippen LogP) is 3.32. The third kappa shape index (κ3) is 7.79. The molecule has 5 nitrogen and oxygen atoms in total. The zero-order valence-corrected chi connectivity index (χ0v) is 15.9. The van der Waals surface area contributed by atoms with Crippen molar-refractivity contribution < 1.29 is 24.1 Å². The molecule has 1 heterocycles. The first-order chi connectivity index (χ1) is 11.8. The first kappa shape index (κ1) is 21.8. The standard InChI is InChI=1S/C19H38O5/c1-4-7-12-21-17-15-24-16(10-11-20)18(22-13-8-5-2)19(17)23-14-9-6-3/h16-20H,4-15H2,1-3H3/t16?,17?,18-,19?/m1/s1. The summed E-state index contributed by atoms with van der Waals surface area (Å²) in [5.41, 5.74) is 0. The highest BCUT2D eigenvalue weighted by atomic mass is 16.6. The molecule has 5 heteroatoms. The molecule has 1 aliphatic heterocycles. The lowest BCUT2D eigenvalue weighted by Gasteiger charge is -2.42. The van der Waals surface area contributed by atoms with Gasteiger partial charge in [0.15, 0.2) is 0 Å². The van der Waals surface area contributed by atoms with Crippen LogP contribution < -0.4 is 0 Å². The lowest BCUT2D eigenvalue weighted by Crippen LogP contribution is -2.56. The van der Waals surface area contributed by atoms with Gasteiger partial charge in [-0.05, 0) is 25.7 Å². The summed E-state index contributed by atoms with van der Waals surface area (Å²) in [5, 5.41) is 9.34. The van der Waals surface area contributed by atoms with Crippen molar-refractivity contribution in [1.82, 2.24) is 0 Å². The molecule has 0 aromatic heterocycles. The maximum absolute atomic E-state index is 9.34. The molecular formula is C19H38O5. The van der Waals surface area contributed by atoms with E-state index in [1.807, 2.05) is 0 Å². The van der Waals surface area contributed by atoms with E-state index in [9.17, 15) is 5.11 Å². The molecule has 0 radical (unpaired) electrons. The van der Waals surface area contributed by atoms with Crippen LogP contribution in [-0.4, -0.2) is 62.6 Å². The Balaban J connectivity index is 2.72. The lowest BCUT2D eigenvalue weighted by molar-refractivity contribution is -0.232. The third-order valence-electron chi connectivity index (χ3n) is 4.39. The van der Waals surface area contributed by atoms with Crippen LogP contribution in [-0.2, 0) is 18.9 Å². The smallest absolute Gasteiger partial charge is 0.115 e. The van der Waals surface area contributed by atoms with Crippen LogP contribution in [0.25, 0.3) is 0 Å². The zero-order chi connectivity index (χ0) is 17.6. The Labute approximate surface area is 148 Å². The second kappa shape index (κ2) is 14.0. The summed E-state index contributed by atoms with van der Waals surface area (Å²) in [5.74, 6) is 0. The summed E-state index contributed by atoms with van der Waals surface area (Å²) in [6, 6.07) is 0. The molecular weight excluding hydrogens is 308 g/mol. The van der Waals surface area contributed by atoms with Crippen molar-refractivity contribution >= 4 is 0 Å². The molecule has 3 unspecified atom stereocenters. The van der Waals surface area contributed by atoms with Gasteiger partial charge in [-0.2, -0.15) is 0 Å². The van der Waals surface area contributed by atoms with E-state index < -0.39 is 0 Å². The monoisotopic (exact) mass is 346 g/mol. The topological polar surface area (TPSA) is 57.2 Å². The average Bonchev–Trinajstić information content (AvgIpc) is 2.59. The van der Waals surface area contributed by atoms with Gasteiger partial charge in [-0.25, -0.2) is 0 Å². The van der Waals surface area contributed by atoms with E-state index in [-0.39, 0.29) is 31.0 Å². The zero-order valence-electron chi connectivity index (χ0n) is 15.9. The Morgan fingerprint density at radius 1 is 0.833 bits per heavy atom. The maximum atomic E-state index is 9.34. The van der Waals surface area contributed by atoms with E-state index in [2.05, 4.69) is 20.8 Å². The summed E-state index contributed by atoms with van der Waals surface area (Å²) < 4.78 is 24.3. The third-order valence-corrected chi connectivity index (χ3v) is 4.39. The molecule has 0 bridgehead atoms. The minimum atomic E-state index is -0.166. The first-order valence-corrected chi connectivity index (χ1v) is 9.85. The molecule has 1 saturated heterocycles. The van der Waals surface area contributed by atoms with Crippen LogP contribution in [0.4, 0.5) is 0 Å². The Morgan fingerprint density at radius 3 is 1.92 bits per heavy atom. The fraction of sp³-hybridized carbons (Fsp3) is 1.00. The van der Waals surface area contributed by atoms with Crippen LogP contribution in [0.3, 0.4) is 0 Å². The molecule has 1 fully saturated rings. The fourth-order valence-electron chi connectivity index (χ4n) is 2.86. The lowest BCUT2D eigenvalue weighted by atomic mass is 9.97. The minimum Gasteiger partial charge on any atom is -0.396 e. The number of aliphatic hydroxyl groups excluding tert-OH is 1. The van der Waals surface area contributed by atoms with Crippen LogP contribution in [0.5, 0.6) is 0 Å². The van der Waals surface area contributed by atoms with Crippen LogP contribution in [0, 0.1) is 0 Å². The summed E-state index contributed by atoms with van der Waals surface area (Å²) in [6.45, 7) is 9.22. The van der Waals surface area contributed by atoms with Crippen molar-refractivity contribution in [1.29, 1.82) is 0 Å². The molecule has 0 aliphatic carbocycles.